The first-order valence-corrected chi connectivity index (χ1v) is 6.44. The largest absolute Gasteiger partial charge is 0.546 e. The maximum atomic E-state index is 11.5. The zero-order valence-corrected chi connectivity index (χ0v) is 11.2. The standard InChI is InChI=1S/C12H9NO4S2/c14-10(15)6-17-8-3-1-2-7(4-8)5-9-11(16)13-12(18)19-9/h1-5H,6H2,(H,14,15)(H,13,16,18)/p-1/b9-5+. The van der Waals surface area contributed by atoms with Crippen molar-refractivity contribution in [3.63, 3.8) is 0 Å². The summed E-state index contributed by atoms with van der Waals surface area (Å²) in [5.74, 6) is -1.14. The molecule has 0 atom stereocenters. The Morgan fingerprint density at radius 3 is 2.95 bits per heavy atom. The monoisotopic (exact) mass is 294 g/mol. The maximum Gasteiger partial charge on any atom is 0.263 e. The molecule has 19 heavy (non-hydrogen) atoms. The minimum absolute atomic E-state index is 0.240. The molecule has 1 saturated heterocycles. The van der Waals surface area contributed by atoms with Crippen molar-refractivity contribution >= 4 is 46.3 Å². The molecule has 0 radical (unpaired) electrons. The Hall–Kier alpha value is -1.86. The number of rotatable bonds is 4. The molecule has 1 amide bonds. The van der Waals surface area contributed by atoms with Gasteiger partial charge in [0, 0.05) is 0 Å². The van der Waals surface area contributed by atoms with Crippen molar-refractivity contribution in [2.75, 3.05) is 6.61 Å². The molecule has 1 N–H and O–H groups in total. The first kappa shape index (κ1) is 13.6. The Labute approximate surface area is 118 Å². The molecule has 7 heteroatoms. The van der Waals surface area contributed by atoms with Crippen molar-refractivity contribution in [2.24, 2.45) is 0 Å². The van der Waals surface area contributed by atoms with Crippen molar-refractivity contribution in [3.05, 3.63) is 34.7 Å². The lowest BCUT2D eigenvalue weighted by molar-refractivity contribution is -0.307. The van der Waals surface area contributed by atoms with Crippen LogP contribution in [0, 0.1) is 0 Å². The van der Waals surface area contributed by atoms with E-state index in [2.05, 4.69) is 5.32 Å². The minimum Gasteiger partial charge on any atom is -0.546 e. The van der Waals surface area contributed by atoms with E-state index in [1.807, 2.05) is 0 Å². The molecule has 5 nitrogen and oxygen atoms in total. The van der Waals surface area contributed by atoms with Gasteiger partial charge in [-0.1, -0.05) is 36.1 Å². The zero-order valence-electron chi connectivity index (χ0n) is 9.54. The highest BCUT2D eigenvalue weighted by atomic mass is 32.2. The summed E-state index contributed by atoms with van der Waals surface area (Å²) in [7, 11) is 0. The van der Waals surface area contributed by atoms with E-state index < -0.39 is 12.6 Å². The van der Waals surface area contributed by atoms with E-state index in [1.54, 1.807) is 30.3 Å². The highest BCUT2D eigenvalue weighted by molar-refractivity contribution is 8.26. The van der Waals surface area contributed by atoms with Crippen LogP contribution in [0.1, 0.15) is 5.56 Å². The highest BCUT2D eigenvalue weighted by Crippen LogP contribution is 2.26. The average Bonchev–Trinajstić information content (AvgIpc) is 2.66. The van der Waals surface area contributed by atoms with Crippen LogP contribution in [-0.2, 0) is 9.59 Å². The fraction of sp³-hybridized carbons (Fsp3) is 0.0833. The number of aliphatic carboxylic acids is 1. The minimum atomic E-state index is -1.29. The Kier molecular flexibility index (Phi) is 4.18. The number of carbonyl (C=O) groups is 2. The van der Waals surface area contributed by atoms with Crippen molar-refractivity contribution in [1.29, 1.82) is 0 Å². The number of hydrogen-bond acceptors (Lipinski definition) is 6. The quantitative estimate of drug-likeness (QED) is 0.636. The molecule has 0 unspecified atom stereocenters. The molecule has 1 aliphatic rings. The van der Waals surface area contributed by atoms with Gasteiger partial charge in [0.1, 0.15) is 16.7 Å². The summed E-state index contributed by atoms with van der Waals surface area (Å²) in [6, 6.07) is 6.73. The Morgan fingerprint density at radius 2 is 2.32 bits per heavy atom. The second-order valence-electron chi connectivity index (χ2n) is 3.59. The van der Waals surface area contributed by atoms with Gasteiger partial charge in [-0.25, -0.2) is 0 Å². The van der Waals surface area contributed by atoms with Crippen molar-refractivity contribution in [3.8, 4) is 5.75 Å². The Balaban J connectivity index is 2.15. The van der Waals surface area contributed by atoms with Crippen LogP contribution in [-0.4, -0.2) is 22.8 Å². The van der Waals surface area contributed by atoms with Crippen LogP contribution < -0.4 is 15.2 Å². The van der Waals surface area contributed by atoms with E-state index in [9.17, 15) is 14.7 Å². The number of hydrogen-bond donors (Lipinski definition) is 1. The molecule has 1 aromatic carbocycles. The number of amides is 1. The summed E-state index contributed by atoms with van der Waals surface area (Å²) in [5, 5.41) is 12.8. The summed E-state index contributed by atoms with van der Waals surface area (Å²) in [5.41, 5.74) is 0.721. The van der Waals surface area contributed by atoms with Crippen LogP contribution in [0.2, 0.25) is 0 Å². The van der Waals surface area contributed by atoms with Gasteiger partial charge < -0.3 is 20.0 Å². The van der Waals surface area contributed by atoms with Crippen LogP contribution in [0.3, 0.4) is 0 Å². The normalized spacial score (nSPS) is 16.5. The van der Waals surface area contributed by atoms with E-state index >= 15 is 0 Å². The summed E-state index contributed by atoms with van der Waals surface area (Å²) in [4.78, 5) is 22.3. The van der Waals surface area contributed by atoms with Gasteiger partial charge in [0.15, 0.2) is 0 Å². The van der Waals surface area contributed by atoms with Gasteiger partial charge in [0.25, 0.3) is 5.91 Å². The molecular formula is C12H8NO4S2-. The third-order valence-electron chi connectivity index (χ3n) is 2.15. The lowest BCUT2D eigenvalue weighted by Gasteiger charge is -2.07. The van der Waals surface area contributed by atoms with Gasteiger partial charge in [-0.05, 0) is 23.8 Å². The van der Waals surface area contributed by atoms with Crippen molar-refractivity contribution < 1.29 is 19.4 Å². The summed E-state index contributed by atoms with van der Waals surface area (Å²) in [6.07, 6.45) is 1.66. The molecule has 1 fully saturated rings. The molecule has 1 aliphatic heterocycles. The molecule has 0 aliphatic carbocycles. The molecule has 1 aromatic rings. The molecule has 0 spiro atoms. The number of carbonyl (C=O) groups excluding carboxylic acids is 2. The summed E-state index contributed by atoms with van der Waals surface area (Å²) >= 11 is 6.06. The number of benzene rings is 1. The zero-order chi connectivity index (χ0) is 13.8. The molecule has 1 heterocycles. The van der Waals surface area contributed by atoms with E-state index in [1.165, 1.54) is 11.8 Å². The fourth-order valence-electron chi connectivity index (χ4n) is 1.41. The van der Waals surface area contributed by atoms with Crippen LogP contribution in [0.5, 0.6) is 5.75 Å². The van der Waals surface area contributed by atoms with Gasteiger partial charge in [-0.2, -0.15) is 0 Å². The van der Waals surface area contributed by atoms with E-state index in [4.69, 9.17) is 17.0 Å². The smallest absolute Gasteiger partial charge is 0.263 e. The van der Waals surface area contributed by atoms with E-state index in [0.29, 0.717) is 15.0 Å². The average molecular weight is 294 g/mol. The number of thioether (sulfide) groups is 1. The third kappa shape index (κ3) is 3.80. The molecular weight excluding hydrogens is 286 g/mol. The van der Waals surface area contributed by atoms with E-state index in [0.717, 1.165) is 5.56 Å². The van der Waals surface area contributed by atoms with Gasteiger partial charge in [-0.15, -0.1) is 0 Å². The lowest BCUT2D eigenvalue weighted by atomic mass is 10.2. The van der Waals surface area contributed by atoms with E-state index in [-0.39, 0.29) is 5.91 Å². The third-order valence-corrected chi connectivity index (χ3v) is 3.32. The first-order chi connectivity index (χ1) is 9.04. The molecule has 98 valence electrons. The second-order valence-corrected chi connectivity index (χ2v) is 5.30. The molecule has 0 saturated carbocycles. The van der Waals surface area contributed by atoms with Gasteiger partial charge in [0.05, 0.1) is 10.9 Å². The molecule has 0 aromatic heterocycles. The van der Waals surface area contributed by atoms with Crippen LogP contribution >= 0.6 is 24.0 Å². The first-order valence-electron chi connectivity index (χ1n) is 5.22. The van der Waals surface area contributed by atoms with Crippen molar-refractivity contribution in [1.82, 2.24) is 5.32 Å². The second kappa shape index (κ2) is 5.85. The predicted molar refractivity (Wildman–Crippen MR) is 73.3 cm³/mol. The topological polar surface area (TPSA) is 78.5 Å². The van der Waals surface area contributed by atoms with Crippen LogP contribution in [0.25, 0.3) is 6.08 Å². The summed E-state index contributed by atoms with van der Waals surface area (Å²) in [6.45, 7) is -0.515. The number of carboxylic acids is 1. The lowest BCUT2D eigenvalue weighted by Crippen LogP contribution is -2.28. The van der Waals surface area contributed by atoms with Crippen molar-refractivity contribution in [2.45, 2.75) is 0 Å². The number of carboxylic acid groups (broad SMARTS) is 1. The molecule has 2 rings (SSSR count). The number of ether oxygens (including phenoxy) is 1. The van der Waals surface area contributed by atoms with Gasteiger partial charge >= 0.3 is 0 Å². The SMILES string of the molecule is O=C([O-])COc1cccc(/C=C2/SC(=S)NC2=O)c1. The van der Waals surface area contributed by atoms with Crippen LogP contribution in [0.15, 0.2) is 29.2 Å². The number of nitrogens with one attached hydrogen (secondary N) is 1. The van der Waals surface area contributed by atoms with Gasteiger partial charge in [-0.3, -0.25) is 4.79 Å². The maximum absolute atomic E-state index is 11.5. The predicted octanol–water partition coefficient (Wildman–Crippen LogP) is 0.304. The highest BCUT2D eigenvalue weighted by Gasteiger charge is 2.21. The summed E-state index contributed by atoms with van der Waals surface area (Å²) < 4.78 is 5.41. The van der Waals surface area contributed by atoms with Crippen LogP contribution in [0.4, 0.5) is 0 Å². The Morgan fingerprint density at radius 1 is 1.53 bits per heavy atom. The fourth-order valence-corrected chi connectivity index (χ4v) is 2.45. The number of thiocarbonyl (C=S) groups is 1. The van der Waals surface area contributed by atoms with Gasteiger partial charge in [0.2, 0.25) is 0 Å². The molecule has 0 bridgehead atoms. The Bertz CT molecular complexity index is 583.